The number of ether oxygens (including phenoxy) is 1. The quantitative estimate of drug-likeness (QED) is 0.466. The van der Waals surface area contributed by atoms with E-state index in [2.05, 4.69) is 22.1 Å². The summed E-state index contributed by atoms with van der Waals surface area (Å²) in [6.07, 6.45) is 1.54. The SMILES string of the molecule is COC(C)(C)C#Cc1ccc(-c2ccccc2)c(NC(=O)c2cccnc2Cl)c1. The third-order valence-corrected chi connectivity index (χ3v) is 4.68. The molecule has 1 N–H and O–H groups in total. The van der Waals surface area contributed by atoms with Crippen LogP contribution in [0.3, 0.4) is 0 Å². The topological polar surface area (TPSA) is 51.2 Å². The summed E-state index contributed by atoms with van der Waals surface area (Å²) in [5.41, 5.74) is 3.02. The molecular weight excluding hydrogens is 384 g/mol. The zero-order valence-corrected chi connectivity index (χ0v) is 17.2. The van der Waals surface area contributed by atoms with Crippen molar-refractivity contribution in [2.75, 3.05) is 12.4 Å². The second-order valence-electron chi connectivity index (χ2n) is 6.89. The number of carbonyl (C=O) groups is 1. The number of hydrogen-bond donors (Lipinski definition) is 1. The van der Waals surface area contributed by atoms with Crippen LogP contribution in [0.1, 0.15) is 29.8 Å². The van der Waals surface area contributed by atoms with Crippen molar-refractivity contribution in [1.29, 1.82) is 0 Å². The maximum atomic E-state index is 12.8. The van der Waals surface area contributed by atoms with E-state index < -0.39 is 5.60 Å². The van der Waals surface area contributed by atoms with Crippen molar-refractivity contribution in [3.8, 4) is 23.0 Å². The van der Waals surface area contributed by atoms with E-state index in [0.29, 0.717) is 11.3 Å². The third kappa shape index (κ3) is 5.23. The number of aromatic nitrogens is 1. The van der Waals surface area contributed by atoms with Crippen molar-refractivity contribution in [3.05, 3.63) is 83.1 Å². The van der Waals surface area contributed by atoms with Gasteiger partial charge in [-0.2, -0.15) is 0 Å². The van der Waals surface area contributed by atoms with Crippen molar-refractivity contribution in [2.24, 2.45) is 0 Å². The summed E-state index contributed by atoms with van der Waals surface area (Å²) in [7, 11) is 1.62. The van der Waals surface area contributed by atoms with Gasteiger partial charge in [-0.25, -0.2) is 4.98 Å². The van der Waals surface area contributed by atoms with Crippen LogP contribution in [0.5, 0.6) is 0 Å². The molecule has 0 aliphatic rings. The molecule has 0 fully saturated rings. The third-order valence-electron chi connectivity index (χ3n) is 4.37. The Balaban J connectivity index is 2.02. The highest BCUT2D eigenvalue weighted by molar-refractivity contribution is 6.33. The molecule has 1 aromatic heterocycles. The van der Waals surface area contributed by atoms with E-state index in [1.165, 1.54) is 0 Å². The number of carbonyl (C=O) groups excluding carboxylic acids is 1. The Morgan fingerprint density at radius 1 is 1.10 bits per heavy atom. The molecule has 0 unspecified atom stereocenters. The fraction of sp³-hybridized carbons (Fsp3) is 0.167. The molecule has 3 aromatic rings. The standard InChI is InChI=1S/C24H21ClN2O2/c1-24(2,29-3)14-13-17-11-12-19(18-8-5-4-6-9-18)21(16-17)27-23(28)20-10-7-15-26-22(20)25/h4-12,15-16H,1-3H3,(H,27,28). The van der Waals surface area contributed by atoms with Gasteiger partial charge in [-0.3, -0.25) is 4.79 Å². The minimum Gasteiger partial charge on any atom is -0.366 e. The van der Waals surface area contributed by atoms with Gasteiger partial charge in [0.2, 0.25) is 0 Å². The molecule has 0 aliphatic carbocycles. The Bertz CT molecular complexity index is 1080. The average molecular weight is 405 g/mol. The maximum Gasteiger partial charge on any atom is 0.258 e. The minimum absolute atomic E-state index is 0.157. The van der Waals surface area contributed by atoms with Crippen LogP contribution < -0.4 is 5.32 Å². The molecule has 4 nitrogen and oxygen atoms in total. The number of methoxy groups -OCH3 is 1. The molecule has 1 heterocycles. The van der Waals surface area contributed by atoms with Gasteiger partial charge in [0.1, 0.15) is 10.8 Å². The van der Waals surface area contributed by atoms with E-state index >= 15 is 0 Å². The van der Waals surface area contributed by atoms with E-state index in [1.807, 2.05) is 62.4 Å². The number of anilines is 1. The second kappa shape index (κ2) is 8.91. The summed E-state index contributed by atoms with van der Waals surface area (Å²) in [5.74, 6) is 5.87. The molecule has 1 amide bonds. The first kappa shape index (κ1) is 20.6. The van der Waals surface area contributed by atoms with Gasteiger partial charge in [0.25, 0.3) is 5.91 Å². The van der Waals surface area contributed by atoms with Crippen molar-refractivity contribution in [3.63, 3.8) is 0 Å². The van der Waals surface area contributed by atoms with E-state index in [4.69, 9.17) is 16.3 Å². The smallest absolute Gasteiger partial charge is 0.258 e. The molecule has 0 atom stereocenters. The van der Waals surface area contributed by atoms with E-state index in [0.717, 1.165) is 16.7 Å². The summed E-state index contributed by atoms with van der Waals surface area (Å²) in [6.45, 7) is 3.79. The van der Waals surface area contributed by atoms with E-state index in [9.17, 15) is 4.79 Å². The molecular formula is C24H21ClN2O2. The van der Waals surface area contributed by atoms with Crippen LogP contribution in [0.4, 0.5) is 5.69 Å². The summed E-state index contributed by atoms with van der Waals surface area (Å²) in [4.78, 5) is 16.8. The Morgan fingerprint density at radius 3 is 2.55 bits per heavy atom. The molecule has 29 heavy (non-hydrogen) atoms. The fourth-order valence-corrected chi connectivity index (χ4v) is 2.82. The molecule has 0 aliphatic heterocycles. The van der Waals surface area contributed by atoms with Crippen molar-refractivity contribution < 1.29 is 9.53 Å². The summed E-state index contributed by atoms with van der Waals surface area (Å²) >= 11 is 6.08. The van der Waals surface area contributed by atoms with Crippen LogP contribution in [0, 0.1) is 11.8 Å². The highest BCUT2D eigenvalue weighted by Gasteiger charge is 2.15. The minimum atomic E-state index is -0.565. The van der Waals surface area contributed by atoms with Gasteiger partial charge in [-0.1, -0.05) is 59.8 Å². The van der Waals surface area contributed by atoms with Crippen LogP contribution in [0.15, 0.2) is 66.9 Å². The largest absolute Gasteiger partial charge is 0.366 e. The predicted molar refractivity (Wildman–Crippen MR) is 117 cm³/mol. The van der Waals surface area contributed by atoms with Gasteiger partial charge in [-0.15, -0.1) is 0 Å². The van der Waals surface area contributed by atoms with Gasteiger partial charge in [0.05, 0.1) is 11.3 Å². The normalized spacial score (nSPS) is 10.8. The fourth-order valence-electron chi connectivity index (χ4n) is 2.61. The van der Waals surface area contributed by atoms with Gasteiger partial charge >= 0.3 is 0 Å². The van der Waals surface area contributed by atoms with Gasteiger partial charge < -0.3 is 10.1 Å². The number of rotatable bonds is 4. The molecule has 146 valence electrons. The molecule has 5 heteroatoms. The molecule has 0 saturated heterocycles. The van der Waals surface area contributed by atoms with Crippen LogP contribution in [0.25, 0.3) is 11.1 Å². The lowest BCUT2D eigenvalue weighted by Gasteiger charge is -2.15. The number of halogens is 1. The Morgan fingerprint density at radius 2 is 1.86 bits per heavy atom. The predicted octanol–water partition coefficient (Wildman–Crippen LogP) is 5.43. The maximum absolute atomic E-state index is 12.8. The lowest BCUT2D eigenvalue weighted by Crippen LogP contribution is -2.19. The van der Waals surface area contributed by atoms with Crippen LogP contribution in [-0.4, -0.2) is 23.6 Å². The number of benzene rings is 2. The molecule has 2 aromatic carbocycles. The van der Waals surface area contributed by atoms with Crippen molar-refractivity contribution >= 4 is 23.2 Å². The lowest BCUT2D eigenvalue weighted by molar-refractivity contribution is 0.0741. The molecule has 3 rings (SSSR count). The molecule has 0 bridgehead atoms. The first-order valence-electron chi connectivity index (χ1n) is 9.09. The van der Waals surface area contributed by atoms with Crippen LogP contribution in [-0.2, 0) is 4.74 Å². The second-order valence-corrected chi connectivity index (χ2v) is 7.24. The van der Waals surface area contributed by atoms with E-state index in [-0.39, 0.29) is 11.1 Å². The first-order chi connectivity index (χ1) is 13.9. The molecule has 0 saturated carbocycles. The number of nitrogens with zero attached hydrogens (tertiary/aromatic N) is 1. The molecule has 0 radical (unpaired) electrons. The van der Waals surface area contributed by atoms with Crippen LogP contribution >= 0.6 is 11.6 Å². The number of nitrogens with one attached hydrogen (secondary N) is 1. The number of pyridine rings is 1. The van der Waals surface area contributed by atoms with E-state index in [1.54, 1.807) is 25.4 Å². The Kier molecular flexibility index (Phi) is 6.33. The average Bonchev–Trinajstić information content (AvgIpc) is 2.73. The van der Waals surface area contributed by atoms with Gasteiger partial charge in [0, 0.05) is 24.4 Å². The summed E-state index contributed by atoms with van der Waals surface area (Å²) in [6, 6.07) is 18.9. The summed E-state index contributed by atoms with van der Waals surface area (Å²) < 4.78 is 5.35. The first-order valence-corrected chi connectivity index (χ1v) is 9.47. The number of amides is 1. The highest BCUT2D eigenvalue weighted by atomic mass is 35.5. The Hall–Kier alpha value is -3.13. The zero-order valence-electron chi connectivity index (χ0n) is 16.5. The monoisotopic (exact) mass is 404 g/mol. The number of hydrogen-bond acceptors (Lipinski definition) is 3. The summed E-state index contributed by atoms with van der Waals surface area (Å²) in [5, 5.41) is 3.11. The van der Waals surface area contributed by atoms with Crippen molar-refractivity contribution in [1.82, 2.24) is 4.98 Å². The highest BCUT2D eigenvalue weighted by Crippen LogP contribution is 2.30. The van der Waals surface area contributed by atoms with Gasteiger partial charge in [0.15, 0.2) is 0 Å². The van der Waals surface area contributed by atoms with Crippen LogP contribution in [0.2, 0.25) is 5.15 Å². The Labute approximate surface area is 175 Å². The zero-order chi connectivity index (χ0) is 20.9. The van der Waals surface area contributed by atoms with Crippen molar-refractivity contribution in [2.45, 2.75) is 19.4 Å². The lowest BCUT2D eigenvalue weighted by atomic mass is 10.0. The van der Waals surface area contributed by atoms with Gasteiger partial charge in [-0.05, 0) is 43.7 Å². The molecule has 0 spiro atoms.